The van der Waals surface area contributed by atoms with E-state index in [0.29, 0.717) is 12.1 Å². The molecule has 0 radical (unpaired) electrons. The van der Waals surface area contributed by atoms with Gasteiger partial charge in [-0.25, -0.2) is 14.3 Å². The molecule has 0 unspecified atom stereocenters. The van der Waals surface area contributed by atoms with Gasteiger partial charge in [0.15, 0.2) is 0 Å². The van der Waals surface area contributed by atoms with Gasteiger partial charge in [0, 0.05) is 0 Å². The fourth-order valence-electron chi connectivity index (χ4n) is 1.61. The summed E-state index contributed by atoms with van der Waals surface area (Å²) in [6.07, 6.45) is 1.73. The SMILES string of the molecule is CCc1ccccc1N(CC(=O)NN)S(C)(=O)=O. The van der Waals surface area contributed by atoms with E-state index in [4.69, 9.17) is 5.84 Å². The Morgan fingerprint density at radius 1 is 1.39 bits per heavy atom. The molecular formula is C11H17N3O3S. The third-order valence-corrected chi connectivity index (χ3v) is 3.62. The highest BCUT2D eigenvalue weighted by Crippen LogP contribution is 2.22. The molecule has 100 valence electrons. The third-order valence-electron chi connectivity index (χ3n) is 2.49. The first-order valence-corrected chi connectivity index (χ1v) is 7.30. The summed E-state index contributed by atoms with van der Waals surface area (Å²) < 4.78 is 24.6. The number of amides is 1. The second kappa shape index (κ2) is 5.83. The molecule has 0 aliphatic rings. The largest absolute Gasteiger partial charge is 0.293 e. The van der Waals surface area contributed by atoms with E-state index in [1.807, 2.05) is 24.5 Å². The first-order valence-electron chi connectivity index (χ1n) is 5.45. The van der Waals surface area contributed by atoms with Crippen molar-refractivity contribution in [2.45, 2.75) is 13.3 Å². The van der Waals surface area contributed by atoms with Crippen molar-refractivity contribution in [2.75, 3.05) is 17.1 Å². The van der Waals surface area contributed by atoms with E-state index in [2.05, 4.69) is 0 Å². The van der Waals surface area contributed by atoms with Crippen molar-refractivity contribution in [3.05, 3.63) is 29.8 Å². The minimum Gasteiger partial charge on any atom is -0.293 e. The Bertz CT molecular complexity index is 528. The molecule has 0 aliphatic heterocycles. The molecule has 0 saturated heterocycles. The lowest BCUT2D eigenvalue weighted by Gasteiger charge is -2.23. The molecule has 1 aromatic rings. The Balaban J connectivity index is 3.22. The van der Waals surface area contributed by atoms with E-state index in [9.17, 15) is 13.2 Å². The van der Waals surface area contributed by atoms with Crippen LogP contribution in [0.2, 0.25) is 0 Å². The van der Waals surface area contributed by atoms with Crippen LogP contribution in [-0.4, -0.2) is 27.1 Å². The van der Waals surface area contributed by atoms with Crippen molar-refractivity contribution in [2.24, 2.45) is 5.84 Å². The summed E-state index contributed by atoms with van der Waals surface area (Å²) in [5, 5.41) is 0. The molecule has 0 spiro atoms. The number of rotatable bonds is 5. The fraction of sp³-hybridized carbons (Fsp3) is 0.364. The summed E-state index contributed by atoms with van der Waals surface area (Å²) in [6, 6.07) is 7.05. The van der Waals surface area contributed by atoms with E-state index >= 15 is 0 Å². The zero-order valence-electron chi connectivity index (χ0n) is 10.4. The minimum atomic E-state index is -3.54. The first kappa shape index (κ1) is 14.5. The number of carbonyl (C=O) groups excluding carboxylic acids is 1. The number of nitrogens with two attached hydrogens (primary N) is 1. The van der Waals surface area contributed by atoms with Crippen LogP contribution >= 0.6 is 0 Å². The van der Waals surface area contributed by atoms with Crippen LogP contribution in [0.4, 0.5) is 5.69 Å². The topological polar surface area (TPSA) is 92.5 Å². The van der Waals surface area contributed by atoms with Gasteiger partial charge in [0.05, 0.1) is 11.9 Å². The van der Waals surface area contributed by atoms with Gasteiger partial charge < -0.3 is 0 Å². The summed E-state index contributed by atoms with van der Waals surface area (Å²) in [6.45, 7) is 1.59. The number of hydrogen-bond donors (Lipinski definition) is 2. The summed E-state index contributed by atoms with van der Waals surface area (Å²) >= 11 is 0. The maximum absolute atomic E-state index is 11.8. The molecule has 6 nitrogen and oxygen atoms in total. The van der Waals surface area contributed by atoms with Gasteiger partial charge in [0.25, 0.3) is 5.91 Å². The zero-order chi connectivity index (χ0) is 13.8. The minimum absolute atomic E-state index is 0.327. The average Bonchev–Trinajstić information content (AvgIpc) is 2.34. The number of hydrogen-bond acceptors (Lipinski definition) is 4. The van der Waals surface area contributed by atoms with Crippen LogP contribution in [0.1, 0.15) is 12.5 Å². The van der Waals surface area contributed by atoms with Crippen LogP contribution in [-0.2, 0) is 21.2 Å². The molecule has 0 aromatic heterocycles. The predicted octanol–water partition coefficient (Wildman–Crippen LogP) is 0.00490. The van der Waals surface area contributed by atoms with E-state index in [-0.39, 0.29) is 6.54 Å². The van der Waals surface area contributed by atoms with E-state index in [1.165, 1.54) is 0 Å². The average molecular weight is 271 g/mol. The lowest BCUT2D eigenvalue weighted by molar-refractivity contribution is -0.119. The van der Waals surface area contributed by atoms with Gasteiger partial charge in [-0.1, -0.05) is 25.1 Å². The van der Waals surface area contributed by atoms with E-state index in [1.54, 1.807) is 12.1 Å². The molecule has 0 fully saturated rings. The highest BCUT2D eigenvalue weighted by molar-refractivity contribution is 7.92. The quantitative estimate of drug-likeness (QED) is 0.448. The molecule has 7 heteroatoms. The van der Waals surface area contributed by atoms with Gasteiger partial charge >= 0.3 is 0 Å². The Morgan fingerprint density at radius 3 is 2.50 bits per heavy atom. The number of sulfonamides is 1. The van der Waals surface area contributed by atoms with Crippen LogP contribution in [0, 0.1) is 0 Å². The highest BCUT2D eigenvalue weighted by atomic mass is 32.2. The molecule has 1 aromatic carbocycles. The first-order chi connectivity index (χ1) is 8.40. The van der Waals surface area contributed by atoms with Crippen LogP contribution in [0.3, 0.4) is 0 Å². The van der Waals surface area contributed by atoms with Gasteiger partial charge in [0.2, 0.25) is 10.0 Å². The van der Waals surface area contributed by atoms with Crippen molar-refractivity contribution in [1.82, 2.24) is 5.43 Å². The summed E-state index contributed by atoms with van der Waals surface area (Å²) in [5.74, 6) is 4.43. The number of nitrogens with zero attached hydrogens (tertiary/aromatic N) is 1. The standard InChI is InChI=1S/C11H17N3O3S/c1-3-9-6-4-5-7-10(9)14(18(2,16)17)8-11(15)13-12/h4-7H,3,8,12H2,1-2H3,(H,13,15). The van der Waals surface area contributed by atoms with Gasteiger partial charge in [0.1, 0.15) is 6.54 Å². The molecule has 0 saturated carbocycles. The third kappa shape index (κ3) is 3.44. The Labute approximate surface area is 107 Å². The number of nitrogens with one attached hydrogen (secondary N) is 1. The van der Waals surface area contributed by atoms with Gasteiger partial charge in [-0.2, -0.15) is 0 Å². The van der Waals surface area contributed by atoms with Gasteiger partial charge in [-0.05, 0) is 18.1 Å². The molecule has 0 bridgehead atoms. The molecule has 18 heavy (non-hydrogen) atoms. The number of hydrazine groups is 1. The smallest absolute Gasteiger partial charge is 0.254 e. The van der Waals surface area contributed by atoms with Crippen molar-refractivity contribution < 1.29 is 13.2 Å². The van der Waals surface area contributed by atoms with Crippen molar-refractivity contribution in [3.8, 4) is 0 Å². The Morgan fingerprint density at radius 2 is 2.00 bits per heavy atom. The summed E-state index contributed by atoms with van der Waals surface area (Å²) in [5.41, 5.74) is 3.29. The number of para-hydroxylation sites is 1. The van der Waals surface area contributed by atoms with Crippen molar-refractivity contribution in [3.63, 3.8) is 0 Å². The van der Waals surface area contributed by atoms with Gasteiger partial charge in [-0.3, -0.25) is 14.5 Å². The Hall–Kier alpha value is -1.60. The zero-order valence-corrected chi connectivity index (χ0v) is 11.2. The van der Waals surface area contributed by atoms with Crippen molar-refractivity contribution in [1.29, 1.82) is 0 Å². The van der Waals surface area contributed by atoms with Crippen LogP contribution in [0.15, 0.2) is 24.3 Å². The van der Waals surface area contributed by atoms with Crippen LogP contribution in [0.25, 0.3) is 0 Å². The maximum atomic E-state index is 11.8. The van der Waals surface area contributed by atoms with Crippen LogP contribution < -0.4 is 15.6 Å². The normalized spacial score (nSPS) is 11.1. The van der Waals surface area contributed by atoms with Crippen LogP contribution in [0.5, 0.6) is 0 Å². The fourth-order valence-corrected chi connectivity index (χ4v) is 2.50. The number of aryl methyl sites for hydroxylation is 1. The number of benzene rings is 1. The molecular weight excluding hydrogens is 254 g/mol. The lowest BCUT2D eigenvalue weighted by Crippen LogP contribution is -2.43. The molecule has 0 atom stereocenters. The predicted molar refractivity (Wildman–Crippen MR) is 70.3 cm³/mol. The molecule has 1 rings (SSSR count). The molecule has 1 amide bonds. The molecule has 0 heterocycles. The summed E-state index contributed by atoms with van der Waals surface area (Å²) in [4.78, 5) is 11.3. The number of carbonyl (C=O) groups is 1. The monoisotopic (exact) mass is 271 g/mol. The highest BCUT2D eigenvalue weighted by Gasteiger charge is 2.22. The number of anilines is 1. The second-order valence-electron chi connectivity index (χ2n) is 3.82. The van der Waals surface area contributed by atoms with Gasteiger partial charge in [-0.15, -0.1) is 0 Å². The lowest BCUT2D eigenvalue weighted by atomic mass is 10.1. The molecule has 3 N–H and O–H groups in total. The molecule has 0 aliphatic carbocycles. The Kier molecular flexibility index (Phi) is 4.69. The van der Waals surface area contributed by atoms with Crippen molar-refractivity contribution >= 4 is 21.6 Å². The van der Waals surface area contributed by atoms with E-state index in [0.717, 1.165) is 16.1 Å². The van der Waals surface area contributed by atoms with E-state index < -0.39 is 15.9 Å². The summed E-state index contributed by atoms with van der Waals surface area (Å²) in [7, 11) is -3.54. The maximum Gasteiger partial charge on any atom is 0.254 e. The second-order valence-corrected chi connectivity index (χ2v) is 5.73.